The van der Waals surface area contributed by atoms with E-state index >= 15 is 0 Å². The molecular formula is C25H21N3O. The van der Waals surface area contributed by atoms with Gasteiger partial charge >= 0.3 is 0 Å². The molecule has 4 rings (SSSR count). The molecule has 0 saturated heterocycles. The fourth-order valence-corrected chi connectivity index (χ4v) is 3.16. The molecule has 0 fully saturated rings. The molecule has 4 heteroatoms. The highest BCUT2D eigenvalue weighted by Crippen LogP contribution is 2.19. The molecule has 3 aromatic carbocycles. The summed E-state index contributed by atoms with van der Waals surface area (Å²) in [5.74, 6) is -0.146. The lowest BCUT2D eigenvalue weighted by Gasteiger charge is -2.11. The van der Waals surface area contributed by atoms with Crippen LogP contribution in [0.3, 0.4) is 0 Å². The Morgan fingerprint density at radius 3 is 2.45 bits per heavy atom. The third-order valence-electron chi connectivity index (χ3n) is 4.62. The van der Waals surface area contributed by atoms with Crippen LogP contribution in [-0.2, 0) is 11.2 Å². The predicted octanol–water partition coefficient (Wildman–Crippen LogP) is 5.12. The Morgan fingerprint density at radius 2 is 1.69 bits per heavy atom. The van der Waals surface area contributed by atoms with Crippen LogP contribution in [-0.4, -0.2) is 15.5 Å². The minimum atomic E-state index is -0.146. The van der Waals surface area contributed by atoms with E-state index in [2.05, 4.69) is 22.4 Å². The first-order valence-corrected chi connectivity index (χ1v) is 9.47. The zero-order chi connectivity index (χ0) is 19.9. The smallest absolute Gasteiger partial charge is 0.248 e. The van der Waals surface area contributed by atoms with Crippen LogP contribution < -0.4 is 5.32 Å². The summed E-state index contributed by atoms with van der Waals surface area (Å²) in [5.41, 5.74) is 5.28. The quantitative estimate of drug-likeness (QED) is 0.473. The molecule has 0 unspecified atom stereocenters. The van der Waals surface area contributed by atoms with Gasteiger partial charge in [-0.15, -0.1) is 0 Å². The highest BCUT2D eigenvalue weighted by atomic mass is 16.1. The maximum absolute atomic E-state index is 12.1. The lowest BCUT2D eigenvalue weighted by Crippen LogP contribution is -2.07. The molecule has 0 radical (unpaired) electrons. The van der Waals surface area contributed by atoms with E-state index in [0.29, 0.717) is 0 Å². The molecule has 0 saturated carbocycles. The number of rotatable bonds is 6. The van der Waals surface area contributed by atoms with Crippen LogP contribution in [0.25, 0.3) is 11.8 Å². The number of hydrogen-bond donors (Lipinski definition) is 1. The number of nitrogens with one attached hydrogen (secondary N) is 1. The minimum Gasteiger partial charge on any atom is -0.323 e. The van der Waals surface area contributed by atoms with Crippen LogP contribution in [0.4, 0.5) is 5.69 Å². The summed E-state index contributed by atoms with van der Waals surface area (Å²) in [6, 6.07) is 26.0. The van der Waals surface area contributed by atoms with Crippen molar-refractivity contribution in [2.75, 3.05) is 5.32 Å². The number of para-hydroxylation sites is 1. The molecule has 0 aliphatic rings. The summed E-state index contributed by atoms with van der Waals surface area (Å²) in [6.07, 6.45) is 9.68. The average Bonchev–Trinajstić information content (AvgIpc) is 3.30. The van der Waals surface area contributed by atoms with Gasteiger partial charge in [0.1, 0.15) is 0 Å². The third kappa shape index (κ3) is 4.87. The highest BCUT2D eigenvalue weighted by Gasteiger charge is 2.05. The first kappa shape index (κ1) is 18.4. The van der Waals surface area contributed by atoms with Gasteiger partial charge in [-0.05, 0) is 47.4 Å². The summed E-state index contributed by atoms with van der Waals surface area (Å²) in [5, 5.41) is 2.90. The predicted molar refractivity (Wildman–Crippen MR) is 117 cm³/mol. The molecule has 4 nitrogen and oxygen atoms in total. The van der Waals surface area contributed by atoms with Gasteiger partial charge in [-0.1, -0.05) is 60.7 Å². The molecule has 29 heavy (non-hydrogen) atoms. The summed E-state index contributed by atoms with van der Waals surface area (Å²) in [6.45, 7) is 0. The maximum atomic E-state index is 12.1. The fourth-order valence-electron chi connectivity index (χ4n) is 3.16. The van der Waals surface area contributed by atoms with Crippen LogP contribution in [0.2, 0.25) is 0 Å². The van der Waals surface area contributed by atoms with Gasteiger partial charge in [-0.25, -0.2) is 4.98 Å². The highest BCUT2D eigenvalue weighted by molar-refractivity contribution is 6.01. The van der Waals surface area contributed by atoms with Gasteiger partial charge in [-0.2, -0.15) is 0 Å². The number of benzene rings is 3. The van der Waals surface area contributed by atoms with Gasteiger partial charge in [0.25, 0.3) is 0 Å². The maximum Gasteiger partial charge on any atom is 0.248 e. The Kier molecular flexibility index (Phi) is 5.63. The number of carbonyl (C=O) groups excluding carboxylic acids is 1. The van der Waals surface area contributed by atoms with Crippen molar-refractivity contribution in [3.8, 4) is 5.69 Å². The lowest BCUT2D eigenvalue weighted by molar-refractivity contribution is -0.111. The van der Waals surface area contributed by atoms with Gasteiger partial charge in [-0.3, -0.25) is 4.79 Å². The van der Waals surface area contributed by atoms with Crippen molar-refractivity contribution in [3.05, 3.63) is 120 Å². The molecule has 1 N–H and O–H groups in total. The van der Waals surface area contributed by atoms with E-state index in [-0.39, 0.29) is 5.91 Å². The van der Waals surface area contributed by atoms with Crippen molar-refractivity contribution >= 4 is 17.7 Å². The number of aromatic nitrogens is 2. The summed E-state index contributed by atoms with van der Waals surface area (Å²) >= 11 is 0. The molecule has 0 aliphatic carbocycles. The molecular weight excluding hydrogens is 358 g/mol. The third-order valence-corrected chi connectivity index (χ3v) is 4.62. The minimum absolute atomic E-state index is 0.146. The van der Waals surface area contributed by atoms with Crippen molar-refractivity contribution in [1.29, 1.82) is 0 Å². The molecule has 0 atom stereocenters. The van der Waals surface area contributed by atoms with E-state index in [0.717, 1.165) is 23.4 Å². The van der Waals surface area contributed by atoms with Crippen molar-refractivity contribution in [2.24, 2.45) is 0 Å². The average molecular weight is 379 g/mol. The molecule has 1 amide bonds. The molecule has 1 aromatic heterocycles. The number of nitrogens with zero attached hydrogens (tertiary/aromatic N) is 2. The molecule has 0 aliphatic heterocycles. The van der Waals surface area contributed by atoms with E-state index < -0.39 is 0 Å². The normalized spacial score (nSPS) is 10.9. The van der Waals surface area contributed by atoms with E-state index in [1.165, 1.54) is 11.1 Å². The number of carbonyl (C=O) groups is 1. The van der Waals surface area contributed by atoms with Crippen molar-refractivity contribution in [1.82, 2.24) is 9.55 Å². The fraction of sp³-hybridized carbons (Fsp3) is 0.0400. The van der Waals surface area contributed by atoms with E-state index in [1.807, 2.05) is 77.5 Å². The van der Waals surface area contributed by atoms with Gasteiger partial charge in [0.15, 0.2) is 0 Å². The molecule has 0 bridgehead atoms. The van der Waals surface area contributed by atoms with Gasteiger partial charge < -0.3 is 9.88 Å². The molecule has 142 valence electrons. The van der Waals surface area contributed by atoms with E-state index in [1.54, 1.807) is 24.7 Å². The summed E-state index contributed by atoms with van der Waals surface area (Å²) in [4.78, 5) is 16.3. The Labute approximate surface area is 170 Å². The van der Waals surface area contributed by atoms with Crippen molar-refractivity contribution < 1.29 is 4.79 Å². The van der Waals surface area contributed by atoms with Crippen LogP contribution >= 0.6 is 0 Å². The number of hydrogen-bond acceptors (Lipinski definition) is 2. The van der Waals surface area contributed by atoms with Gasteiger partial charge in [0.05, 0.1) is 6.33 Å². The van der Waals surface area contributed by atoms with Crippen LogP contribution in [0.1, 0.15) is 16.7 Å². The lowest BCUT2D eigenvalue weighted by atomic mass is 10.0. The first-order chi connectivity index (χ1) is 14.3. The number of anilines is 1. The number of amides is 1. The standard InChI is InChI=1S/C25H21N3O/c29-25(15-12-20-6-2-1-3-7-20)27-23-13-10-21(11-14-23)18-22-8-4-5-9-24(22)28-17-16-26-19-28/h1-17,19H,18H2,(H,27,29). The van der Waals surface area contributed by atoms with Crippen molar-refractivity contribution in [2.45, 2.75) is 6.42 Å². The SMILES string of the molecule is O=C(C=Cc1ccccc1)Nc1ccc(Cc2ccccc2-n2ccnc2)cc1. The zero-order valence-electron chi connectivity index (χ0n) is 15.9. The second-order valence-corrected chi connectivity index (χ2v) is 6.71. The van der Waals surface area contributed by atoms with Gasteiger partial charge in [0, 0.05) is 29.8 Å². The van der Waals surface area contributed by atoms with E-state index in [4.69, 9.17) is 0 Å². The van der Waals surface area contributed by atoms with Crippen molar-refractivity contribution in [3.63, 3.8) is 0 Å². The van der Waals surface area contributed by atoms with Gasteiger partial charge in [0.2, 0.25) is 5.91 Å². The Bertz CT molecular complexity index is 1100. The molecule has 4 aromatic rings. The monoisotopic (exact) mass is 379 g/mol. The molecule has 1 heterocycles. The topological polar surface area (TPSA) is 46.9 Å². The van der Waals surface area contributed by atoms with Crippen LogP contribution in [0.5, 0.6) is 0 Å². The first-order valence-electron chi connectivity index (χ1n) is 9.47. The largest absolute Gasteiger partial charge is 0.323 e. The Balaban J connectivity index is 1.41. The second kappa shape index (κ2) is 8.85. The summed E-state index contributed by atoms with van der Waals surface area (Å²) < 4.78 is 2.02. The van der Waals surface area contributed by atoms with E-state index in [9.17, 15) is 4.79 Å². The summed E-state index contributed by atoms with van der Waals surface area (Å²) in [7, 11) is 0. The van der Waals surface area contributed by atoms with Crippen LogP contribution in [0, 0.1) is 0 Å². The number of imidazole rings is 1. The zero-order valence-corrected chi connectivity index (χ0v) is 15.9. The Morgan fingerprint density at radius 1 is 0.931 bits per heavy atom. The molecule has 0 spiro atoms. The van der Waals surface area contributed by atoms with Crippen LogP contribution in [0.15, 0.2) is 104 Å². The second-order valence-electron chi connectivity index (χ2n) is 6.71. The Hall–Kier alpha value is -3.92.